The number of hydrogen-bond donors (Lipinski definition) is 0. The molecule has 5 nitrogen and oxygen atoms in total. The number of nitrogens with zero attached hydrogens (tertiary/aromatic N) is 2. The monoisotopic (exact) mass is 348 g/mol. The van der Waals surface area contributed by atoms with Crippen LogP contribution in [0.25, 0.3) is 0 Å². The molecule has 2 aliphatic rings. The zero-order valence-corrected chi connectivity index (χ0v) is 14.5. The van der Waals surface area contributed by atoms with Crippen molar-refractivity contribution in [2.75, 3.05) is 20.6 Å². The molecular formula is C16H23F3N2O3. The molecule has 1 amide bonds. The second-order valence-electron chi connectivity index (χ2n) is 7.62. The zero-order valence-electron chi connectivity index (χ0n) is 14.5. The van der Waals surface area contributed by atoms with Crippen LogP contribution >= 0.6 is 0 Å². The molecular weight excluding hydrogens is 325 g/mol. The van der Waals surface area contributed by atoms with E-state index >= 15 is 0 Å². The Balaban J connectivity index is 2.47. The SMILES string of the molecule is CN(C)/C=C1\C(=O)C(C2CC2)(C(F)(F)F)CN1C(=O)OC(C)(C)C. The Morgan fingerprint density at radius 3 is 2.21 bits per heavy atom. The minimum atomic E-state index is -4.71. The minimum Gasteiger partial charge on any atom is -0.443 e. The van der Waals surface area contributed by atoms with Crippen molar-refractivity contribution in [2.24, 2.45) is 11.3 Å². The average Bonchev–Trinajstić information content (AvgIpc) is 3.14. The number of rotatable bonds is 2. The van der Waals surface area contributed by atoms with E-state index < -0.39 is 41.5 Å². The van der Waals surface area contributed by atoms with Gasteiger partial charge in [0.1, 0.15) is 11.3 Å². The first kappa shape index (κ1) is 18.6. The maximum absolute atomic E-state index is 13.8. The van der Waals surface area contributed by atoms with E-state index in [-0.39, 0.29) is 5.70 Å². The zero-order chi connectivity index (χ0) is 18.5. The van der Waals surface area contributed by atoms with E-state index in [4.69, 9.17) is 4.74 Å². The lowest BCUT2D eigenvalue weighted by atomic mass is 9.79. The summed E-state index contributed by atoms with van der Waals surface area (Å²) >= 11 is 0. The van der Waals surface area contributed by atoms with Crippen molar-refractivity contribution in [3.63, 3.8) is 0 Å². The third-order valence-electron chi connectivity index (χ3n) is 4.11. The number of hydrogen-bond acceptors (Lipinski definition) is 4. The van der Waals surface area contributed by atoms with Gasteiger partial charge in [0.15, 0.2) is 11.2 Å². The van der Waals surface area contributed by atoms with Gasteiger partial charge in [0, 0.05) is 20.3 Å². The fourth-order valence-corrected chi connectivity index (χ4v) is 2.95. The maximum Gasteiger partial charge on any atom is 0.415 e. The van der Waals surface area contributed by atoms with Gasteiger partial charge in [0.05, 0.1) is 6.54 Å². The van der Waals surface area contributed by atoms with Crippen molar-refractivity contribution in [3.8, 4) is 0 Å². The highest BCUT2D eigenvalue weighted by atomic mass is 19.4. The summed E-state index contributed by atoms with van der Waals surface area (Å²) in [6.45, 7) is 4.15. The van der Waals surface area contributed by atoms with E-state index in [2.05, 4.69) is 0 Å². The molecule has 2 fully saturated rings. The molecule has 0 bridgehead atoms. The van der Waals surface area contributed by atoms with E-state index in [9.17, 15) is 22.8 Å². The molecule has 0 spiro atoms. The van der Waals surface area contributed by atoms with Crippen molar-refractivity contribution in [3.05, 3.63) is 11.9 Å². The fraction of sp³-hybridized carbons (Fsp3) is 0.750. The number of likely N-dealkylation sites (tertiary alicyclic amines) is 1. The predicted molar refractivity (Wildman–Crippen MR) is 80.9 cm³/mol. The molecule has 1 heterocycles. The van der Waals surface area contributed by atoms with Crippen LogP contribution in [0, 0.1) is 11.3 Å². The lowest BCUT2D eigenvalue weighted by Gasteiger charge is -2.30. The molecule has 1 aliphatic carbocycles. The quantitative estimate of drug-likeness (QED) is 0.719. The highest BCUT2D eigenvalue weighted by molar-refractivity contribution is 6.06. The Kier molecular flexibility index (Phi) is 4.39. The van der Waals surface area contributed by atoms with Crippen molar-refractivity contribution < 1.29 is 27.5 Å². The third kappa shape index (κ3) is 3.23. The van der Waals surface area contributed by atoms with Gasteiger partial charge in [0.25, 0.3) is 0 Å². The molecule has 2 rings (SSSR count). The smallest absolute Gasteiger partial charge is 0.415 e. The van der Waals surface area contributed by atoms with Gasteiger partial charge in [-0.05, 0) is 39.5 Å². The Morgan fingerprint density at radius 2 is 1.83 bits per heavy atom. The summed E-state index contributed by atoms with van der Waals surface area (Å²) in [5, 5.41) is 0. The number of allylic oxidation sites excluding steroid dienone is 1. The first-order chi connectivity index (χ1) is 10.8. The molecule has 0 N–H and O–H groups in total. The van der Waals surface area contributed by atoms with E-state index in [0.717, 1.165) is 4.90 Å². The summed E-state index contributed by atoms with van der Waals surface area (Å²) in [7, 11) is 3.16. The predicted octanol–water partition coefficient (Wildman–Crippen LogP) is 3.17. The van der Waals surface area contributed by atoms with Crippen LogP contribution < -0.4 is 0 Å². The van der Waals surface area contributed by atoms with Crippen LogP contribution in [-0.2, 0) is 9.53 Å². The second-order valence-corrected chi connectivity index (χ2v) is 7.62. The van der Waals surface area contributed by atoms with Crippen LogP contribution in [0.5, 0.6) is 0 Å². The number of alkyl halides is 3. The number of amides is 1. The van der Waals surface area contributed by atoms with Crippen LogP contribution in [0.15, 0.2) is 11.9 Å². The lowest BCUT2D eigenvalue weighted by molar-refractivity contribution is -0.221. The second kappa shape index (κ2) is 5.67. The number of halogens is 3. The third-order valence-corrected chi connectivity index (χ3v) is 4.11. The molecule has 0 aromatic rings. The Morgan fingerprint density at radius 1 is 1.29 bits per heavy atom. The first-order valence-electron chi connectivity index (χ1n) is 7.80. The van der Waals surface area contributed by atoms with Gasteiger partial charge in [-0.1, -0.05) is 0 Å². The highest BCUT2D eigenvalue weighted by Crippen LogP contribution is 2.59. The molecule has 8 heteroatoms. The number of Topliss-reactive ketones (excluding diaryl/α,β-unsaturated/α-hetero) is 1. The molecule has 1 aliphatic heterocycles. The van der Waals surface area contributed by atoms with Crippen molar-refractivity contribution in [1.82, 2.24) is 9.80 Å². The van der Waals surface area contributed by atoms with Gasteiger partial charge in [-0.3, -0.25) is 9.69 Å². The minimum absolute atomic E-state index is 0.265. The normalized spacial score (nSPS) is 26.9. The van der Waals surface area contributed by atoms with Crippen LogP contribution in [0.4, 0.5) is 18.0 Å². The van der Waals surface area contributed by atoms with Crippen LogP contribution in [-0.4, -0.2) is 54.1 Å². The number of carbonyl (C=O) groups is 2. The van der Waals surface area contributed by atoms with Gasteiger partial charge in [0.2, 0.25) is 0 Å². The first-order valence-corrected chi connectivity index (χ1v) is 7.80. The molecule has 1 saturated carbocycles. The van der Waals surface area contributed by atoms with Gasteiger partial charge >= 0.3 is 12.3 Å². The summed E-state index contributed by atoms with van der Waals surface area (Å²) in [6.07, 6.45) is -3.73. The van der Waals surface area contributed by atoms with Crippen LogP contribution in [0.1, 0.15) is 33.6 Å². The van der Waals surface area contributed by atoms with E-state index in [1.165, 1.54) is 11.1 Å². The highest BCUT2D eigenvalue weighted by Gasteiger charge is 2.72. The molecule has 0 aromatic carbocycles. The van der Waals surface area contributed by atoms with Gasteiger partial charge in [-0.2, -0.15) is 13.2 Å². The molecule has 0 radical (unpaired) electrons. The molecule has 24 heavy (non-hydrogen) atoms. The van der Waals surface area contributed by atoms with Gasteiger partial charge < -0.3 is 9.64 Å². The Labute approximate surface area is 139 Å². The number of ketones is 1. The summed E-state index contributed by atoms with van der Waals surface area (Å²) in [6, 6.07) is 0. The van der Waals surface area contributed by atoms with Crippen molar-refractivity contribution in [1.29, 1.82) is 0 Å². The van der Waals surface area contributed by atoms with E-state index in [1.54, 1.807) is 34.9 Å². The van der Waals surface area contributed by atoms with Crippen LogP contribution in [0.2, 0.25) is 0 Å². The van der Waals surface area contributed by atoms with Gasteiger partial charge in [-0.25, -0.2) is 4.79 Å². The summed E-state index contributed by atoms with van der Waals surface area (Å²) in [4.78, 5) is 27.4. The van der Waals surface area contributed by atoms with Crippen LogP contribution in [0.3, 0.4) is 0 Å². The fourth-order valence-electron chi connectivity index (χ4n) is 2.95. The molecule has 136 valence electrons. The summed E-state index contributed by atoms with van der Waals surface area (Å²) in [5.74, 6) is -1.82. The summed E-state index contributed by atoms with van der Waals surface area (Å²) < 4.78 is 46.6. The Bertz CT molecular complexity index is 574. The van der Waals surface area contributed by atoms with Gasteiger partial charge in [-0.15, -0.1) is 0 Å². The molecule has 1 unspecified atom stereocenters. The molecule has 0 aromatic heterocycles. The van der Waals surface area contributed by atoms with E-state index in [1.807, 2.05) is 0 Å². The van der Waals surface area contributed by atoms with Crippen molar-refractivity contribution in [2.45, 2.75) is 45.4 Å². The standard InChI is InChI=1S/C16H23F3N2O3/c1-14(2,3)24-13(23)21-9-15(10-6-7-10,16(17,18)19)12(22)11(21)8-20(4)5/h8,10H,6-7,9H2,1-5H3/b11-8+. The Hall–Kier alpha value is -1.73. The molecule has 1 atom stereocenters. The lowest BCUT2D eigenvalue weighted by Crippen LogP contribution is -2.47. The largest absolute Gasteiger partial charge is 0.443 e. The topological polar surface area (TPSA) is 49.9 Å². The summed E-state index contributed by atoms with van der Waals surface area (Å²) in [5.41, 5.74) is -3.66. The molecule has 1 saturated heterocycles. The average molecular weight is 348 g/mol. The number of carbonyl (C=O) groups excluding carboxylic acids is 2. The van der Waals surface area contributed by atoms with Crippen molar-refractivity contribution >= 4 is 11.9 Å². The van der Waals surface area contributed by atoms with E-state index in [0.29, 0.717) is 12.8 Å². The number of ether oxygens (including phenoxy) is 1. The maximum atomic E-state index is 13.8.